The minimum Gasteiger partial charge on any atom is -0.490 e. The number of ether oxygens (including phenoxy) is 2. The Morgan fingerprint density at radius 1 is 1.19 bits per heavy atom. The molecular weight excluding hydrogens is 465 g/mol. The second kappa shape index (κ2) is 8.95. The fourth-order valence-electron chi connectivity index (χ4n) is 3.16. The quantitative estimate of drug-likeness (QED) is 0.424. The third-order valence-electron chi connectivity index (χ3n) is 4.40. The van der Waals surface area contributed by atoms with Crippen LogP contribution in [0.2, 0.25) is 5.02 Å². The highest BCUT2D eigenvalue weighted by Gasteiger charge is 2.35. The van der Waals surface area contributed by atoms with Gasteiger partial charge in [0.2, 0.25) is 0 Å². The van der Waals surface area contributed by atoms with Crippen LogP contribution in [-0.2, 0) is 4.74 Å². The van der Waals surface area contributed by atoms with Crippen molar-refractivity contribution >= 4 is 40.3 Å². The zero-order chi connectivity index (χ0) is 18.5. The van der Waals surface area contributed by atoms with E-state index in [1.54, 1.807) is 4.90 Å². The molecule has 138 valence electrons. The molecule has 1 saturated heterocycles. The van der Waals surface area contributed by atoms with Gasteiger partial charge in [-0.05, 0) is 59.3 Å². The molecule has 3 atom stereocenters. The van der Waals surface area contributed by atoms with Crippen molar-refractivity contribution in [3.05, 3.63) is 65.2 Å². The molecule has 0 spiro atoms. The van der Waals surface area contributed by atoms with Crippen LogP contribution in [0.25, 0.3) is 0 Å². The number of amides is 1. The van der Waals surface area contributed by atoms with E-state index >= 15 is 0 Å². The minimum absolute atomic E-state index is 0.0142. The van der Waals surface area contributed by atoms with E-state index in [0.717, 1.165) is 17.7 Å². The zero-order valence-electron chi connectivity index (χ0n) is 14.5. The Bertz CT molecular complexity index is 724. The van der Waals surface area contributed by atoms with Crippen LogP contribution >= 0.6 is 34.2 Å². The Balaban J connectivity index is 1.78. The van der Waals surface area contributed by atoms with Crippen molar-refractivity contribution in [1.82, 2.24) is 4.90 Å². The SMILES string of the molecule is CC(I)OC(=O)N1CCC(Oc2ccc(Cl)cc2)C(c2ccccc2)C1. The summed E-state index contributed by atoms with van der Waals surface area (Å²) in [4.78, 5) is 14.1. The number of nitrogens with zero attached hydrogens (tertiary/aromatic N) is 1. The lowest BCUT2D eigenvalue weighted by molar-refractivity contribution is 0.0550. The van der Waals surface area contributed by atoms with E-state index in [1.807, 2.05) is 49.4 Å². The van der Waals surface area contributed by atoms with Gasteiger partial charge in [0.05, 0.1) is 0 Å². The molecule has 0 saturated carbocycles. The van der Waals surface area contributed by atoms with Gasteiger partial charge < -0.3 is 14.4 Å². The van der Waals surface area contributed by atoms with Gasteiger partial charge in [-0.1, -0.05) is 41.9 Å². The van der Waals surface area contributed by atoms with Crippen molar-refractivity contribution in [1.29, 1.82) is 0 Å². The molecule has 3 rings (SSSR count). The van der Waals surface area contributed by atoms with Crippen LogP contribution in [0.1, 0.15) is 24.8 Å². The molecule has 2 aromatic rings. The van der Waals surface area contributed by atoms with Crippen LogP contribution in [-0.4, -0.2) is 34.3 Å². The molecule has 1 heterocycles. The molecule has 1 amide bonds. The summed E-state index contributed by atoms with van der Waals surface area (Å²) in [6.45, 7) is 3.04. The zero-order valence-corrected chi connectivity index (χ0v) is 17.4. The standard InChI is InChI=1S/C20H21ClINO3/c1-14(22)25-20(24)23-12-11-19(26-17-9-7-16(21)8-10-17)18(13-23)15-5-3-2-4-6-15/h2-10,14,18-19H,11-13H2,1H3. The van der Waals surface area contributed by atoms with Crippen LogP contribution in [0.15, 0.2) is 54.6 Å². The number of benzene rings is 2. The van der Waals surface area contributed by atoms with E-state index in [2.05, 4.69) is 34.7 Å². The number of likely N-dealkylation sites (tertiary alicyclic amines) is 1. The summed E-state index contributed by atoms with van der Waals surface area (Å²) in [7, 11) is 0. The first-order valence-electron chi connectivity index (χ1n) is 8.59. The molecule has 4 nitrogen and oxygen atoms in total. The van der Waals surface area contributed by atoms with Gasteiger partial charge in [0.1, 0.15) is 11.9 Å². The largest absolute Gasteiger partial charge is 0.490 e. The number of hydrogen-bond donors (Lipinski definition) is 0. The Hall–Kier alpha value is -1.47. The van der Waals surface area contributed by atoms with Crippen molar-refractivity contribution in [3.63, 3.8) is 0 Å². The maximum atomic E-state index is 12.3. The van der Waals surface area contributed by atoms with E-state index in [-0.39, 0.29) is 22.2 Å². The highest BCUT2D eigenvalue weighted by molar-refractivity contribution is 14.1. The van der Waals surface area contributed by atoms with Crippen molar-refractivity contribution in [2.45, 2.75) is 29.5 Å². The number of hydrogen-bond acceptors (Lipinski definition) is 3. The van der Waals surface area contributed by atoms with Crippen LogP contribution in [0, 0.1) is 0 Å². The number of piperidine rings is 1. The second-order valence-electron chi connectivity index (χ2n) is 6.29. The average molecular weight is 486 g/mol. The number of alkyl halides is 1. The van der Waals surface area contributed by atoms with Crippen molar-refractivity contribution < 1.29 is 14.3 Å². The van der Waals surface area contributed by atoms with Crippen molar-refractivity contribution in [2.75, 3.05) is 13.1 Å². The molecule has 0 aliphatic carbocycles. The summed E-state index contributed by atoms with van der Waals surface area (Å²) < 4.78 is 11.5. The molecule has 1 aliphatic rings. The maximum absolute atomic E-state index is 12.3. The van der Waals surface area contributed by atoms with Crippen LogP contribution < -0.4 is 4.74 Å². The van der Waals surface area contributed by atoms with Crippen LogP contribution in [0.5, 0.6) is 5.75 Å². The first-order valence-corrected chi connectivity index (χ1v) is 10.2. The molecule has 0 radical (unpaired) electrons. The predicted molar refractivity (Wildman–Crippen MR) is 111 cm³/mol. The van der Waals surface area contributed by atoms with Gasteiger partial charge in [-0.25, -0.2) is 4.79 Å². The van der Waals surface area contributed by atoms with Gasteiger partial charge in [0.15, 0.2) is 4.11 Å². The highest BCUT2D eigenvalue weighted by Crippen LogP contribution is 2.31. The minimum atomic E-state index is -0.266. The van der Waals surface area contributed by atoms with E-state index < -0.39 is 0 Å². The summed E-state index contributed by atoms with van der Waals surface area (Å²) in [5, 5.41) is 0.683. The van der Waals surface area contributed by atoms with Gasteiger partial charge in [0, 0.05) is 30.5 Å². The molecule has 0 N–H and O–H groups in total. The Morgan fingerprint density at radius 2 is 1.88 bits per heavy atom. The third-order valence-corrected chi connectivity index (χ3v) is 4.91. The molecule has 0 bridgehead atoms. The lowest BCUT2D eigenvalue weighted by atomic mass is 9.88. The van der Waals surface area contributed by atoms with E-state index in [1.165, 1.54) is 0 Å². The first kappa shape index (κ1) is 19.3. The molecular formula is C20H21ClINO3. The maximum Gasteiger partial charge on any atom is 0.410 e. The topological polar surface area (TPSA) is 38.8 Å². The monoisotopic (exact) mass is 485 g/mol. The lowest BCUT2D eigenvalue weighted by Crippen LogP contribution is -2.47. The van der Waals surface area contributed by atoms with Crippen LogP contribution in [0.3, 0.4) is 0 Å². The predicted octanol–water partition coefficient (Wildman–Crippen LogP) is 5.49. The normalized spacial score (nSPS) is 21.1. The molecule has 0 aromatic heterocycles. The Morgan fingerprint density at radius 3 is 2.54 bits per heavy atom. The van der Waals surface area contributed by atoms with Crippen molar-refractivity contribution in [2.24, 2.45) is 0 Å². The van der Waals surface area contributed by atoms with E-state index in [0.29, 0.717) is 18.1 Å². The highest BCUT2D eigenvalue weighted by atomic mass is 127. The molecule has 26 heavy (non-hydrogen) atoms. The van der Waals surface area contributed by atoms with Crippen LogP contribution in [0.4, 0.5) is 4.79 Å². The fraction of sp³-hybridized carbons (Fsp3) is 0.350. The second-order valence-corrected chi connectivity index (χ2v) is 8.48. The Labute approximate surface area is 172 Å². The van der Waals surface area contributed by atoms with E-state index in [4.69, 9.17) is 21.1 Å². The van der Waals surface area contributed by atoms with Gasteiger partial charge in [-0.2, -0.15) is 0 Å². The first-order chi connectivity index (χ1) is 12.5. The molecule has 1 fully saturated rings. The van der Waals surface area contributed by atoms with Crippen molar-refractivity contribution in [3.8, 4) is 5.75 Å². The number of halogens is 2. The molecule has 6 heteroatoms. The van der Waals surface area contributed by atoms with Gasteiger partial charge >= 0.3 is 6.09 Å². The number of carbonyl (C=O) groups excluding carboxylic acids is 1. The summed E-state index contributed by atoms with van der Waals surface area (Å²) in [6.07, 6.45) is 0.463. The number of rotatable bonds is 4. The fourth-order valence-corrected chi connectivity index (χ4v) is 3.50. The van der Waals surface area contributed by atoms with Gasteiger partial charge in [-0.3, -0.25) is 0 Å². The van der Waals surface area contributed by atoms with Gasteiger partial charge in [0.25, 0.3) is 0 Å². The Kier molecular flexibility index (Phi) is 6.64. The molecule has 3 unspecified atom stereocenters. The molecule has 2 aromatic carbocycles. The molecule has 1 aliphatic heterocycles. The lowest BCUT2D eigenvalue weighted by Gasteiger charge is -2.38. The average Bonchev–Trinajstić information content (AvgIpc) is 2.64. The number of carbonyl (C=O) groups is 1. The smallest absolute Gasteiger partial charge is 0.410 e. The third kappa shape index (κ3) is 5.04. The van der Waals surface area contributed by atoms with Gasteiger partial charge in [-0.15, -0.1) is 0 Å². The summed E-state index contributed by atoms with van der Waals surface area (Å²) >= 11 is 8.05. The summed E-state index contributed by atoms with van der Waals surface area (Å²) in [6, 6.07) is 17.6. The van der Waals surface area contributed by atoms with E-state index in [9.17, 15) is 4.79 Å². The summed E-state index contributed by atoms with van der Waals surface area (Å²) in [5.74, 6) is 0.870. The summed E-state index contributed by atoms with van der Waals surface area (Å²) in [5.41, 5.74) is 1.16.